The van der Waals surface area contributed by atoms with Gasteiger partial charge in [-0.1, -0.05) is 36.4 Å². The molecule has 0 bridgehead atoms. The molecule has 98 valence electrons. The highest BCUT2D eigenvalue weighted by Crippen LogP contribution is 2.30. The lowest BCUT2D eigenvalue weighted by molar-refractivity contribution is 0.0818. The number of rotatable bonds is 0. The fourth-order valence-corrected chi connectivity index (χ4v) is 2.97. The highest BCUT2D eigenvalue weighted by atomic mass is 16.2. The van der Waals surface area contributed by atoms with Crippen molar-refractivity contribution in [1.82, 2.24) is 9.88 Å². The van der Waals surface area contributed by atoms with Crippen molar-refractivity contribution in [1.29, 1.82) is 0 Å². The Kier molecular flexibility index (Phi) is 2.07. The van der Waals surface area contributed by atoms with Crippen molar-refractivity contribution >= 4 is 27.6 Å². The lowest BCUT2D eigenvalue weighted by Crippen LogP contribution is -2.17. The van der Waals surface area contributed by atoms with Gasteiger partial charge in [-0.3, -0.25) is 9.59 Å². The van der Waals surface area contributed by atoms with Gasteiger partial charge in [0, 0.05) is 17.8 Å². The number of carbonyl (C=O) groups is 1. The molecule has 1 aromatic heterocycles. The second-order valence-corrected chi connectivity index (χ2v) is 5.18. The molecule has 1 aliphatic rings. The van der Waals surface area contributed by atoms with Gasteiger partial charge in [0.25, 0.3) is 11.5 Å². The number of fused-ring (bicyclic) bond motifs is 5. The zero-order valence-corrected chi connectivity index (χ0v) is 10.9. The van der Waals surface area contributed by atoms with E-state index < -0.39 is 0 Å². The second-order valence-electron chi connectivity index (χ2n) is 5.18. The number of H-pyrrole nitrogens is 1. The molecule has 20 heavy (non-hydrogen) atoms. The first-order valence-corrected chi connectivity index (χ1v) is 6.49. The third-order valence-corrected chi connectivity index (χ3v) is 3.97. The maximum Gasteiger partial charge on any atom is 0.255 e. The summed E-state index contributed by atoms with van der Waals surface area (Å²) in [6.45, 7) is 0.381. The highest BCUT2D eigenvalue weighted by Gasteiger charge is 2.29. The first-order chi connectivity index (χ1) is 9.66. The molecule has 0 atom stereocenters. The van der Waals surface area contributed by atoms with Gasteiger partial charge in [0.15, 0.2) is 0 Å². The summed E-state index contributed by atoms with van der Waals surface area (Å²) < 4.78 is 0. The van der Waals surface area contributed by atoms with E-state index in [4.69, 9.17) is 0 Å². The van der Waals surface area contributed by atoms with Gasteiger partial charge in [-0.2, -0.15) is 0 Å². The largest absolute Gasteiger partial charge is 0.337 e. The molecule has 0 spiro atoms. The molecule has 0 saturated carbocycles. The zero-order valence-electron chi connectivity index (χ0n) is 10.9. The van der Waals surface area contributed by atoms with Gasteiger partial charge < -0.3 is 9.88 Å². The van der Waals surface area contributed by atoms with Crippen LogP contribution >= 0.6 is 0 Å². The molecular weight excluding hydrogens is 252 g/mol. The average Bonchev–Trinajstić information content (AvgIpc) is 2.76. The normalized spacial score (nSPS) is 14.2. The van der Waals surface area contributed by atoms with Crippen LogP contribution < -0.4 is 5.56 Å². The number of hydrogen-bond donors (Lipinski definition) is 1. The van der Waals surface area contributed by atoms with Crippen LogP contribution in [0.1, 0.15) is 15.9 Å². The molecule has 4 heteroatoms. The van der Waals surface area contributed by atoms with Crippen molar-refractivity contribution in [3.05, 3.63) is 57.9 Å². The third kappa shape index (κ3) is 1.30. The predicted molar refractivity (Wildman–Crippen MR) is 77.9 cm³/mol. The fourth-order valence-electron chi connectivity index (χ4n) is 2.97. The van der Waals surface area contributed by atoms with Gasteiger partial charge in [-0.15, -0.1) is 0 Å². The molecule has 0 unspecified atom stereocenters. The highest BCUT2D eigenvalue weighted by molar-refractivity contribution is 6.15. The van der Waals surface area contributed by atoms with Crippen LogP contribution in [0.4, 0.5) is 0 Å². The van der Waals surface area contributed by atoms with Gasteiger partial charge >= 0.3 is 0 Å². The van der Waals surface area contributed by atoms with E-state index >= 15 is 0 Å². The van der Waals surface area contributed by atoms with E-state index in [1.54, 1.807) is 11.9 Å². The molecule has 2 aromatic carbocycles. The number of benzene rings is 2. The Bertz CT molecular complexity index is 940. The number of pyridine rings is 1. The smallest absolute Gasteiger partial charge is 0.255 e. The molecule has 0 radical (unpaired) electrons. The summed E-state index contributed by atoms with van der Waals surface area (Å²) in [6, 6.07) is 11.8. The molecule has 1 N–H and O–H groups in total. The van der Waals surface area contributed by atoms with Crippen LogP contribution in [0.15, 0.2) is 41.2 Å². The number of nitrogens with one attached hydrogen (secondary N) is 1. The predicted octanol–water partition coefficient (Wildman–Crippen LogP) is 2.27. The number of aromatic nitrogens is 1. The van der Waals surface area contributed by atoms with Crippen molar-refractivity contribution in [2.24, 2.45) is 0 Å². The minimum absolute atomic E-state index is 0.0774. The van der Waals surface area contributed by atoms with Crippen LogP contribution in [-0.4, -0.2) is 22.8 Å². The van der Waals surface area contributed by atoms with Crippen LogP contribution in [0.25, 0.3) is 21.7 Å². The van der Waals surface area contributed by atoms with Crippen LogP contribution in [-0.2, 0) is 6.54 Å². The van der Waals surface area contributed by atoms with Crippen molar-refractivity contribution in [2.75, 3.05) is 7.05 Å². The third-order valence-electron chi connectivity index (χ3n) is 3.97. The van der Waals surface area contributed by atoms with E-state index in [9.17, 15) is 9.59 Å². The summed E-state index contributed by atoms with van der Waals surface area (Å²) in [7, 11) is 1.72. The molecule has 4 rings (SSSR count). The Morgan fingerprint density at radius 2 is 1.85 bits per heavy atom. The molecular formula is C16H12N2O2. The fraction of sp³-hybridized carbons (Fsp3) is 0.125. The summed E-state index contributed by atoms with van der Waals surface area (Å²) in [5.41, 5.74) is 1.70. The van der Waals surface area contributed by atoms with Crippen molar-refractivity contribution in [3.63, 3.8) is 0 Å². The molecule has 1 aliphatic heterocycles. The first-order valence-electron chi connectivity index (χ1n) is 6.49. The number of aromatic amines is 1. The van der Waals surface area contributed by atoms with Crippen LogP contribution in [0, 0.1) is 0 Å². The Morgan fingerprint density at radius 1 is 1.05 bits per heavy atom. The second kappa shape index (κ2) is 3.70. The van der Waals surface area contributed by atoms with E-state index in [-0.39, 0.29) is 11.5 Å². The minimum Gasteiger partial charge on any atom is -0.337 e. The maximum absolute atomic E-state index is 12.3. The Balaban J connectivity index is 2.25. The number of hydrogen-bond acceptors (Lipinski definition) is 2. The quantitative estimate of drug-likeness (QED) is 0.633. The lowest BCUT2D eigenvalue weighted by atomic mass is 10.0. The molecule has 3 aromatic rings. The Labute approximate surface area is 114 Å². The topological polar surface area (TPSA) is 53.2 Å². The molecule has 4 nitrogen and oxygen atoms in total. The van der Waals surface area contributed by atoms with E-state index in [1.807, 2.05) is 36.4 Å². The van der Waals surface area contributed by atoms with Gasteiger partial charge in [0.2, 0.25) is 0 Å². The standard InChI is InChI=1S/C16H12N2O2/c1-18-8-12-13(16(18)20)11-7-6-9-4-2-3-5-10(9)14(11)17-15(12)19/h2-7H,8H2,1H3,(H,17,19). The average molecular weight is 264 g/mol. The van der Waals surface area contributed by atoms with E-state index in [0.29, 0.717) is 17.7 Å². The summed E-state index contributed by atoms with van der Waals surface area (Å²) in [5.74, 6) is -0.0774. The van der Waals surface area contributed by atoms with E-state index in [0.717, 1.165) is 21.7 Å². The molecule has 0 saturated heterocycles. The van der Waals surface area contributed by atoms with Crippen LogP contribution in [0.2, 0.25) is 0 Å². The number of amides is 1. The molecule has 1 amide bonds. The van der Waals surface area contributed by atoms with E-state index in [2.05, 4.69) is 4.98 Å². The van der Waals surface area contributed by atoms with Crippen molar-refractivity contribution in [2.45, 2.75) is 6.54 Å². The zero-order chi connectivity index (χ0) is 13.9. The van der Waals surface area contributed by atoms with E-state index in [1.165, 1.54) is 0 Å². The van der Waals surface area contributed by atoms with Gasteiger partial charge in [0.05, 0.1) is 23.2 Å². The van der Waals surface area contributed by atoms with Crippen LogP contribution in [0.3, 0.4) is 0 Å². The maximum atomic E-state index is 12.3. The molecule has 0 aliphatic carbocycles. The molecule has 2 heterocycles. The van der Waals surface area contributed by atoms with Crippen molar-refractivity contribution in [3.8, 4) is 0 Å². The van der Waals surface area contributed by atoms with Crippen molar-refractivity contribution < 1.29 is 4.79 Å². The summed E-state index contributed by atoms with van der Waals surface area (Å²) >= 11 is 0. The van der Waals surface area contributed by atoms with Gasteiger partial charge in [-0.05, 0) is 5.39 Å². The van der Waals surface area contributed by atoms with Crippen LogP contribution in [0.5, 0.6) is 0 Å². The van der Waals surface area contributed by atoms with Gasteiger partial charge in [-0.25, -0.2) is 0 Å². The summed E-state index contributed by atoms with van der Waals surface area (Å²) in [6.07, 6.45) is 0. The minimum atomic E-state index is -0.165. The SMILES string of the molecule is CN1Cc2c(c3ccc4ccccc4c3[nH]c2=O)C1=O. The summed E-state index contributed by atoms with van der Waals surface area (Å²) in [4.78, 5) is 29.0. The first kappa shape index (κ1) is 11.2. The molecule has 0 fully saturated rings. The number of nitrogens with zero attached hydrogens (tertiary/aromatic N) is 1. The Hall–Kier alpha value is -2.62. The number of carbonyl (C=O) groups excluding carboxylic acids is 1. The Morgan fingerprint density at radius 3 is 2.70 bits per heavy atom. The lowest BCUT2D eigenvalue weighted by Gasteiger charge is -2.07. The van der Waals surface area contributed by atoms with Gasteiger partial charge in [0.1, 0.15) is 0 Å². The summed E-state index contributed by atoms with van der Waals surface area (Å²) in [5, 5.41) is 2.84. The monoisotopic (exact) mass is 264 g/mol.